The van der Waals surface area contributed by atoms with Crippen LogP contribution in [0.2, 0.25) is 0 Å². The highest BCUT2D eigenvalue weighted by molar-refractivity contribution is 5.67. The van der Waals surface area contributed by atoms with E-state index in [0.717, 1.165) is 38.8 Å². The zero-order valence-electron chi connectivity index (χ0n) is 18.4. The molecule has 1 fully saturated rings. The first-order valence-corrected chi connectivity index (χ1v) is 11.2. The minimum Gasteiger partial charge on any atom is -0.313 e. The maximum atomic E-state index is 4.43. The molecule has 30 heavy (non-hydrogen) atoms. The van der Waals surface area contributed by atoms with Gasteiger partial charge in [0, 0.05) is 12.0 Å². The fraction of sp³-hybridized carbons (Fsp3) is 0.310. The van der Waals surface area contributed by atoms with Crippen LogP contribution in [0.4, 0.5) is 0 Å². The summed E-state index contributed by atoms with van der Waals surface area (Å²) in [4.78, 5) is 0. The summed E-state index contributed by atoms with van der Waals surface area (Å²) in [5.74, 6) is 0. The SMILES string of the molecule is C=C1\C2=C(C)/C=C(CNCCCc3ccccc3)\C=C\CC12Cc1ccc(C)cc1. The Morgan fingerprint density at radius 3 is 2.50 bits per heavy atom. The molecule has 1 saturated carbocycles. The monoisotopic (exact) mass is 395 g/mol. The molecular weight excluding hydrogens is 362 g/mol. The first kappa shape index (κ1) is 20.6. The molecule has 1 atom stereocenters. The molecule has 0 bridgehead atoms. The van der Waals surface area contributed by atoms with Gasteiger partial charge < -0.3 is 5.32 Å². The molecule has 0 heterocycles. The Kier molecular flexibility index (Phi) is 6.20. The van der Waals surface area contributed by atoms with Gasteiger partial charge in [-0.05, 0) is 79.5 Å². The molecule has 1 N–H and O–H groups in total. The summed E-state index contributed by atoms with van der Waals surface area (Å²) in [6, 6.07) is 19.7. The molecule has 2 aliphatic rings. The molecule has 0 radical (unpaired) electrons. The minimum atomic E-state index is 0.140. The lowest BCUT2D eigenvalue weighted by atomic mass is 9.88. The van der Waals surface area contributed by atoms with Crippen molar-refractivity contribution in [1.82, 2.24) is 5.32 Å². The van der Waals surface area contributed by atoms with Crippen LogP contribution in [0.25, 0.3) is 0 Å². The number of rotatable bonds is 8. The lowest BCUT2D eigenvalue weighted by Crippen LogP contribution is -2.18. The second-order valence-electron chi connectivity index (χ2n) is 8.87. The molecule has 0 saturated heterocycles. The maximum absolute atomic E-state index is 4.43. The number of nitrogens with one attached hydrogen (secondary N) is 1. The van der Waals surface area contributed by atoms with Crippen molar-refractivity contribution < 1.29 is 0 Å². The van der Waals surface area contributed by atoms with E-state index in [1.807, 2.05) is 0 Å². The van der Waals surface area contributed by atoms with Crippen LogP contribution in [-0.2, 0) is 12.8 Å². The van der Waals surface area contributed by atoms with E-state index >= 15 is 0 Å². The second kappa shape index (κ2) is 9.02. The summed E-state index contributed by atoms with van der Waals surface area (Å²) >= 11 is 0. The van der Waals surface area contributed by atoms with Crippen molar-refractivity contribution in [3.8, 4) is 0 Å². The van der Waals surface area contributed by atoms with Crippen LogP contribution in [0.1, 0.15) is 36.5 Å². The van der Waals surface area contributed by atoms with Gasteiger partial charge in [0.1, 0.15) is 0 Å². The highest BCUT2D eigenvalue weighted by Gasteiger charge is 2.53. The summed E-state index contributed by atoms with van der Waals surface area (Å²) in [6.45, 7) is 10.8. The first-order chi connectivity index (χ1) is 14.6. The van der Waals surface area contributed by atoms with E-state index in [2.05, 4.69) is 98.6 Å². The second-order valence-corrected chi connectivity index (χ2v) is 8.87. The molecule has 0 aliphatic heterocycles. The van der Waals surface area contributed by atoms with E-state index in [0.29, 0.717) is 0 Å². The molecule has 1 nitrogen and oxygen atoms in total. The van der Waals surface area contributed by atoms with Gasteiger partial charge >= 0.3 is 0 Å². The highest BCUT2D eigenvalue weighted by atomic mass is 14.8. The summed E-state index contributed by atoms with van der Waals surface area (Å²) < 4.78 is 0. The van der Waals surface area contributed by atoms with E-state index in [4.69, 9.17) is 0 Å². The van der Waals surface area contributed by atoms with Crippen molar-refractivity contribution in [1.29, 1.82) is 0 Å². The quantitative estimate of drug-likeness (QED) is 0.502. The fourth-order valence-corrected chi connectivity index (χ4v) is 4.80. The van der Waals surface area contributed by atoms with Gasteiger partial charge in [-0.25, -0.2) is 0 Å². The van der Waals surface area contributed by atoms with Gasteiger partial charge in [0.15, 0.2) is 0 Å². The Balaban J connectivity index is 1.36. The van der Waals surface area contributed by atoms with Gasteiger partial charge in [-0.1, -0.05) is 85.0 Å². The van der Waals surface area contributed by atoms with Gasteiger partial charge in [0.2, 0.25) is 0 Å². The summed E-state index contributed by atoms with van der Waals surface area (Å²) in [6.07, 6.45) is 11.4. The molecular formula is C29H33N. The molecule has 2 aliphatic carbocycles. The van der Waals surface area contributed by atoms with Crippen molar-refractivity contribution in [2.24, 2.45) is 5.41 Å². The average Bonchev–Trinajstić information content (AvgIpc) is 3.30. The van der Waals surface area contributed by atoms with Crippen LogP contribution in [0, 0.1) is 12.3 Å². The van der Waals surface area contributed by atoms with E-state index in [9.17, 15) is 0 Å². The molecule has 0 spiro atoms. The third kappa shape index (κ3) is 4.57. The average molecular weight is 396 g/mol. The van der Waals surface area contributed by atoms with Crippen LogP contribution in [0.5, 0.6) is 0 Å². The Bertz CT molecular complexity index is 988. The largest absolute Gasteiger partial charge is 0.313 e. The molecule has 154 valence electrons. The number of hydrogen-bond acceptors (Lipinski definition) is 1. The van der Waals surface area contributed by atoms with Crippen LogP contribution >= 0.6 is 0 Å². The van der Waals surface area contributed by atoms with E-state index in [1.54, 1.807) is 0 Å². The number of aryl methyl sites for hydroxylation is 2. The minimum absolute atomic E-state index is 0.140. The first-order valence-electron chi connectivity index (χ1n) is 11.2. The summed E-state index contributed by atoms with van der Waals surface area (Å²) in [7, 11) is 0. The zero-order chi connectivity index (χ0) is 21.0. The number of fused-ring (bicyclic) bond motifs is 1. The van der Waals surface area contributed by atoms with Crippen molar-refractivity contribution in [3.63, 3.8) is 0 Å². The molecule has 1 unspecified atom stereocenters. The van der Waals surface area contributed by atoms with Crippen LogP contribution < -0.4 is 5.32 Å². The molecule has 2 aromatic rings. The van der Waals surface area contributed by atoms with Crippen LogP contribution in [0.15, 0.2) is 102 Å². The molecule has 0 aromatic heterocycles. The standard InChI is InChI=1S/C29H33N/c1-22-13-15-26(16-14-22)20-29-17-7-11-27(19-23(2)28(29)24(29)3)21-30-18-8-12-25-9-5-4-6-10-25/h4-7,9-11,13-16,19,30H,3,8,12,17-18,20-21H2,1-2H3/b11-7+,27-19+,28-23+. The Morgan fingerprint density at radius 2 is 1.73 bits per heavy atom. The molecule has 2 aromatic carbocycles. The van der Waals surface area contributed by atoms with E-state index in [1.165, 1.54) is 39.0 Å². The van der Waals surface area contributed by atoms with Crippen molar-refractivity contribution >= 4 is 0 Å². The zero-order valence-corrected chi connectivity index (χ0v) is 18.4. The third-order valence-electron chi connectivity index (χ3n) is 6.51. The van der Waals surface area contributed by atoms with E-state index in [-0.39, 0.29) is 5.41 Å². The Morgan fingerprint density at radius 1 is 0.967 bits per heavy atom. The van der Waals surface area contributed by atoms with Crippen molar-refractivity contribution in [2.45, 2.75) is 39.5 Å². The summed E-state index contributed by atoms with van der Waals surface area (Å²) in [5, 5.41) is 3.62. The number of allylic oxidation sites excluding steroid dienone is 5. The molecule has 0 amide bonds. The van der Waals surface area contributed by atoms with Gasteiger partial charge in [0.25, 0.3) is 0 Å². The fourth-order valence-electron chi connectivity index (χ4n) is 4.80. The predicted molar refractivity (Wildman–Crippen MR) is 129 cm³/mol. The van der Waals surface area contributed by atoms with Crippen LogP contribution in [-0.4, -0.2) is 13.1 Å². The van der Waals surface area contributed by atoms with E-state index < -0.39 is 0 Å². The van der Waals surface area contributed by atoms with Crippen LogP contribution in [0.3, 0.4) is 0 Å². The van der Waals surface area contributed by atoms with Gasteiger partial charge in [0.05, 0.1) is 0 Å². The van der Waals surface area contributed by atoms with Gasteiger partial charge in [-0.2, -0.15) is 0 Å². The predicted octanol–water partition coefficient (Wildman–Crippen LogP) is 6.52. The molecule has 4 rings (SSSR count). The van der Waals surface area contributed by atoms with Gasteiger partial charge in [-0.3, -0.25) is 0 Å². The molecule has 1 heteroatoms. The Labute approximate surface area is 181 Å². The lowest BCUT2D eigenvalue weighted by molar-refractivity contribution is 0.581. The van der Waals surface area contributed by atoms with Crippen molar-refractivity contribution in [3.05, 3.63) is 118 Å². The number of benzene rings is 2. The maximum Gasteiger partial charge on any atom is 0.0280 e. The number of hydrogen-bond donors (Lipinski definition) is 1. The normalized spacial score (nSPS) is 25.7. The Hall–Kier alpha value is -2.64. The summed E-state index contributed by atoms with van der Waals surface area (Å²) in [5.41, 5.74) is 9.85. The topological polar surface area (TPSA) is 12.0 Å². The van der Waals surface area contributed by atoms with Crippen molar-refractivity contribution in [2.75, 3.05) is 13.1 Å². The smallest absolute Gasteiger partial charge is 0.0280 e. The van der Waals surface area contributed by atoms with Gasteiger partial charge in [-0.15, -0.1) is 0 Å². The lowest BCUT2D eigenvalue weighted by Gasteiger charge is -2.15. The highest BCUT2D eigenvalue weighted by Crippen LogP contribution is 2.63. The third-order valence-corrected chi connectivity index (χ3v) is 6.51.